The highest BCUT2D eigenvalue weighted by atomic mass is 16.2. The quantitative estimate of drug-likeness (QED) is 0.801. The van der Waals surface area contributed by atoms with Crippen molar-refractivity contribution in [3.05, 3.63) is 18.0 Å². The van der Waals surface area contributed by atoms with Crippen molar-refractivity contribution in [3.8, 4) is 0 Å². The Morgan fingerprint density at radius 1 is 1.25 bits per heavy atom. The van der Waals surface area contributed by atoms with Gasteiger partial charge in [-0.15, -0.1) is 0 Å². The molecule has 2 unspecified atom stereocenters. The van der Waals surface area contributed by atoms with E-state index in [4.69, 9.17) is 0 Å². The van der Waals surface area contributed by atoms with E-state index in [1.165, 1.54) is 31.6 Å². The second-order valence-electron chi connectivity index (χ2n) is 7.47. The maximum Gasteiger partial charge on any atom is 0.219 e. The molecular formula is C18H31N5O. The van der Waals surface area contributed by atoms with Crippen molar-refractivity contribution in [1.82, 2.24) is 24.5 Å². The second-order valence-corrected chi connectivity index (χ2v) is 7.47. The van der Waals surface area contributed by atoms with Crippen LogP contribution in [0.2, 0.25) is 0 Å². The number of hydrogen-bond acceptors (Lipinski definition) is 4. The first-order valence-corrected chi connectivity index (χ1v) is 9.22. The molecule has 0 radical (unpaired) electrons. The zero-order valence-electron chi connectivity index (χ0n) is 15.3. The number of aryl methyl sites for hydroxylation is 2. The predicted octanol–water partition coefficient (Wildman–Crippen LogP) is 0.837. The van der Waals surface area contributed by atoms with Crippen LogP contribution in [-0.4, -0.2) is 82.2 Å². The Morgan fingerprint density at radius 2 is 2.00 bits per heavy atom. The molecule has 1 aromatic rings. The Kier molecular flexibility index (Phi) is 5.56. The lowest BCUT2D eigenvalue weighted by Crippen LogP contribution is -2.53. The molecule has 6 heteroatoms. The van der Waals surface area contributed by atoms with Crippen molar-refractivity contribution in [2.75, 3.05) is 45.8 Å². The number of likely N-dealkylation sites (tertiary alicyclic amines) is 1. The molecule has 0 saturated carbocycles. The molecule has 1 amide bonds. The summed E-state index contributed by atoms with van der Waals surface area (Å²) in [4.78, 5) is 18.7. The van der Waals surface area contributed by atoms with Crippen LogP contribution in [0.15, 0.2) is 12.4 Å². The van der Waals surface area contributed by atoms with Crippen LogP contribution in [0.25, 0.3) is 0 Å². The summed E-state index contributed by atoms with van der Waals surface area (Å²) in [7, 11) is 1.97. The Balaban J connectivity index is 1.42. The molecule has 2 fully saturated rings. The fourth-order valence-corrected chi connectivity index (χ4v) is 4.18. The fourth-order valence-electron chi connectivity index (χ4n) is 4.18. The summed E-state index contributed by atoms with van der Waals surface area (Å²) >= 11 is 0. The van der Waals surface area contributed by atoms with Gasteiger partial charge in [0.15, 0.2) is 0 Å². The Hall–Kier alpha value is -1.40. The topological polar surface area (TPSA) is 44.6 Å². The van der Waals surface area contributed by atoms with Gasteiger partial charge in [-0.3, -0.25) is 14.4 Å². The molecule has 0 bridgehead atoms. The predicted molar refractivity (Wildman–Crippen MR) is 94.7 cm³/mol. The largest absolute Gasteiger partial charge is 0.340 e. The maximum atomic E-state index is 11.5. The molecule has 2 aliphatic heterocycles. The average Bonchev–Trinajstić information content (AvgIpc) is 3.13. The fraction of sp³-hybridized carbons (Fsp3) is 0.778. The minimum atomic E-state index is 0.214. The zero-order chi connectivity index (χ0) is 17.1. The van der Waals surface area contributed by atoms with Gasteiger partial charge in [-0.1, -0.05) is 6.92 Å². The number of amides is 1. The van der Waals surface area contributed by atoms with Gasteiger partial charge in [-0.05, 0) is 30.9 Å². The minimum absolute atomic E-state index is 0.214. The molecule has 1 aromatic heterocycles. The summed E-state index contributed by atoms with van der Waals surface area (Å²) in [5, 5.41) is 4.24. The standard InChI is InChI=1S/C18H31N5O/c1-15-12-21(6-4-5-17-11-19-20(3)13-17)14-18(15)23-9-7-22(8-10-23)16(2)24/h11,13,15,18H,4-10,12,14H2,1-3H3. The first-order chi connectivity index (χ1) is 11.5. The van der Waals surface area contributed by atoms with Crippen molar-refractivity contribution in [1.29, 1.82) is 0 Å². The molecule has 0 spiro atoms. The van der Waals surface area contributed by atoms with Crippen molar-refractivity contribution in [2.24, 2.45) is 13.0 Å². The molecule has 6 nitrogen and oxygen atoms in total. The van der Waals surface area contributed by atoms with E-state index in [-0.39, 0.29) is 5.91 Å². The van der Waals surface area contributed by atoms with E-state index in [0.29, 0.717) is 12.0 Å². The molecule has 0 aromatic carbocycles. The summed E-state index contributed by atoms with van der Waals surface area (Å²) in [5.74, 6) is 0.929. The second kappa shape index (κ2) is 7.66. The third-order valence-electron chi connectivity index (χ3n) is 5.58. The highest BCUT2D eigenvalue weighted by molar-refractivity contribution is 5.73. The molecule has 0 N–H and O–H groups in total. The van der Waals surface area contributed by atoms with Crippen LogP contribution in [0.1, 0.15) is 25.8 Å². The minimum Gasteiger partial charge on any atom is -0.340 e. The van der Waals surface area contributed by atoms with Gasteiger partial charge < -0.3 is 9.80 Å². The molecular weight excluding hydrogens is 302 g/mol. The van der Waals surface area contributed by atoms with Crippen LogP contribution in [0, 0.1) is 5.92 Å². The summed E-state index contributed by atoms with van der Waals surface area (Å²) in [6.45, 7) is 11.4. The van der Waals surface area contributed by atoms with Crippen LogP contribution in [0.5, 0.6) is 0 Å². The van der Waals surface area contributed by atoms with Crippen molar-refractivity contribution >= 4 is 5.91 Å². The van der Waals surface area contributed by atoms with Crippen LogP contribution in [0.3, 0.4) is 0 Å². The molecule has 2 saturated heterocycles. The lowest BCUT2D eigenvalue weighted by molar-refractivity contribution is -0.130. The lowest BCUT2D eigenvalue weighted by atomic mass is 10.0. The van der Waals surface area contributed by atoms with Crippen LogP contribution < -0.4 is 0 Å². The van der Waals surface area contributed by atoms with Gasteiger partial charge in [0.05, 0.1) is 6.20 Å². The van der Waals surface area contributed by atoms with E-state index in [9.17, 15) is 4.79 Å². The lowest BCUT2D eigenvalue weighted by Gasteiger charge is -2.39. The third kappa shape index (κ3) is 4.16. The van der Waals surface area contributed by atoms with Gasteiger partial charge in [-0.2, -0.15) is 5.10 Å². The Morgan fingerprint density at radius 3 is 2.62 bits per heavy atom. The number of aromatic nitrogens is 2. The van der Waals surface area contributed by atoms with Gasteiger partial charge in [0.1, 0.15) is 0 Å². The van der Waals surface area contributed by atoms with E-state index < -0.39 is 0 Å². The summed E-state index contributed by atoms with van der Waals surface area (Å²) in [6.07, 6.45) is 6.40. The SMILES string of the molecule is CC(=O)N1CCN(C2CN(CCCc3cnn(C)c3)CC2C)CC1. The van der Waals surface area contributed by atoms with E-state index in [2.05, 4.69) is 28.0 Å². The van der Waals surface area contributed by atoms with E-state index >= 15 is 0 Å². The van der Waals surface area contributed by atoms with Gasteiger partial charge in [0, 0.05) is 65.5 Å². The highest BCUT2D eigenvalue weighted by Crippen LogP contribution is 2.23. The molecule has 0 aliphatic carbocycles. The van der Waals surface area contributed by atoms with Crippen LogP contribution >= 0.6 is 0 Å². The number of rotatable bonds is 5. The molecule has 3 heterocycles. The maximum absolute atomic E-state index is 11.5. The van der Waals surface area contributed by atoms with E-state index in [1.54, 1.807) is 6.92 Å². The summed E-state index contributed by atoms with van der Waals surface area (Å²) in [5.41, 5.74) is 1.33. The number of nitrogens with zero attached hydrogens (tertiary/aromatic N) is 5. The smallest absolute Gasteiger partial charge is 0.219 e. The normalized spacial score (nSPS) is 26.2. The number of carbonyl (C=O) groups excluding carboxylic acids is 1. The molecule has 24 heavy (non-hydrogen) atoms. The monoisotopic (exact) mass is 333 g/mol. The first-order valence-electron chi connectivity index (χ1n) is 9.22. The molecule has 3 rings (SSSR count). The van der Waals surface area contributed by atoms with Crippen molar-refractivity contribution in [2.45, 2.75) is 32.7 Å². The highest BCUT2D eigenvalue weighted by Gasteiger charge is 2.35. The van der Waals surface area contributed by atoms with Gasteiger partial charge in [0.25, 0.3) is 0 Å². The number of carbonyl (C=O) groups is 1. The first kappa shape index (κ1) is 17.4. The third-order valence-corrected chi connectivity index (χ3v) is 5.58. The van der Waals surface area contributed by atoms with E-state index in [1.807, 2.05) is 22.8 Å². The molecule has 2 aliphatic rings. The number of hydrogen-bond donors (Lipinski definition) is 0. The summed E-state index contributed by atoms with van der Waals surface area (Å²) in [6, 6.07) is 0.650. The summed E-state index contributed by atoms with van der Waals surface area (Å²) < 4.78 is 1.88. The van der Waals surface area contributed by atoms with Crippen molar-refractivity contribution < 1.29 is 4.79 Å². The van der Waals surface area contributed by atoms with Crippen LogP contribution in [-0.2, 0) is 18.3 Å². The van der Waals surface area contributed by atoms with Gasteiger partial charge >= 0.3 is 0 Å². The van der Waals surface area contributed by atoms with Crippen molar-refractivity contribution in [3.63, 3.8) is 0 Å². The molecule has 134 valence electrons. The molecule has 2 atom stereocenters. The van der Waals surface area contributed by atoms with Crippen LogP contribution in [0.4, 0.5) is 0 Å². The van der Waals surface area contributed by atoms with Gasteiger partial charge in [0.2, 0.25) is 5.91 Å². The Labute approximate surface area is 145 Å². The average molecular weight is 333 g/mol. The number of piperazine rings is 1. The Bertz CT molecular complexity index is 549. The zero-order valence-corrected chi connectivity index (χ0v) is 15.3. The van der Waals surface area contributed by atoms with Gasteiger partial charge in [-0.25, -0.2) is 0 Å². The van der Waals surface area contributed by atoms with E-state index in [0.717, 1.165) is 32.6 Å².